The van der Waals surface area contributed by atoms with Crippen LogP contribution < -0.4 is 9.80 Å². The van der Waals surface area contributed by atoms with Crippen molar-refractivity contribution < 1.29 is 9.18 Å². The first-order chi connectivity index (χ1) is 15.7. The highest BCUT2D eigenvalue weighted by molar-refractivity contribution is 5.95. The highest BCUT2D eigenvalue weighted by atomic mass is 19.1. The molecule has 0 aliphatic carbocycles. The Morgan fingerprint density at radius 1 is 0.750 bits per heavy atom. The molecule has 7 heteroatoms. The van der Waals surface area contributed by atoms with Gasteiger partial charge in [0, 0.05) is 68.5 Å². The molecule has 0 spiro atoms. The van der Waals surface area contributed by atoms with E-state index in [1.807, 2.05) is 29.2 Å². The zero-order valence-corrected chi connectivity index (χ0v) is 18.0. The molecule has 1 amide bonds. The molecule has 0 unspecified atom stereocenters. The van der Waals surface area contributed by atoms with Gasteiger partial charge in [0.05, 0.1) is 0 Å². The summed E-state index contributed by atoms with van der Waals surface area (Å²) in [6, 6.07) is 14.2. The van der Waals surface area contributed by atoms with E-state index >= 15 is 0 Å². The van der Waals surface area contributed by atoms with E-state index in [0.29, 0.717) is 18.7 Å². The normalized spacial score (nSPS) is 16.5. The fourth-order valence-electron chi connectivity index (χ4n) is 4.47. The molecule has 0 atom stereocenters. The number of aromatic nitrogens is 2. The van der Waals surface area contributed by atoms with Crippen molar-refractivity contribution in [3.63, 3.8) is 0 Å². The van der Waals surface area contributed by atoms with E-state index in [1.54, 1.807) is 24.5 Å². The SMILES string of the molecule is O=C(c1ccc(-c2nccnc2N2CCCC2)cc1)N1CCN(c2ccc(F)cc2)CC1. The zero-order chi connectivity index (χ0) is 21.9. The Kier molecular flexibility index (Phi) is 5.71. The number of carbonyl (C=O) groups excluding carboxylic acids is 1. The third kappa shape index (κ3) is 4.15. The van der Waals surface area contributed by atoms with Crippen LogP contribution in [0.5, 0.6) is 0 Å². The Balaban J connectivity index is 1.26. The second-order valence-electron chi connectivity index (χ2n) is 8.26. The molecule has 2 aromatic carbocycles. The van der Waals surface area contributed by atoms with Crippen LogP contribution in [-0.4, -0.2) is 60.0 Å². The van der Waals surface area contributed by atoms with Gasteiger partial charge < -0.3 is 14.7 Å². The predicted octanol–water partition coefficient (Wildman–Crippen LogP) is 3.85. The van der Waals surface area contributed by atoms with Crippen LogP contribution in [0, 0.1) is 5.82 Å². The lowest BCUT2D eigenvalue weighted by Crippen LogP contribution is -2.48. The van der Waals surface area contributed by atoms with Crippen molar-refractivity contribution >= 4 is 17.4 Å². The Hall–Kier alpha value is -3.48. The first-order valence-corrected chi connectivity index (χ1v) is 11.2. The van der Waals surface area contributed by atoms with Crippen molar-refractivity contribution in [1.82, 2.24) is 14.9 Å². The van der Waals surface area contributed by atoms with Crippen LogP contribution in [0.2, 0.25) is 0 Å². The van der Waals surface area contributed by atoms with Crippen LogP contribution in [0.25, 0.3) is 11.3 Å². The lowest BCUT2D eigenvalue weighted by Gasteiger charge is -2.36. The molecule has 164 valence electrons. The number of halogens is 1. The van der Waals surface area contributed by atoms with Crippen LogP contribution in [0.1, 0.15) is 23.2 Å². The van der Waals surface area contributed by atoms with E-state index in [1.165, 1.54) is 25.0 Å². The van der Waals surface area contributed by atoms with Gasteiger partial charge in [-0.25, -0.2) is 9.37 Å². The molecule has 0 saturated carbocycles. The molecule has 0 bridgehead atoms. The summed E-state index contributed by atoms with van der Waals surface area (Å²) < 4.78 is 13.2. The number of hydrogen-bond donors (Lipinski definition) is 0. The van der Waals surface area contributed by atoms with E-state index in [0.717, 1.165) is 48.9 Å². The molecule has 6 nitrogen and oxygen atoms in total. The summed E-state index contributed by atoms with van der Waals surface area (Å²) in [5.74, 6) is 0.718. The van der Waals surface area contributed by atoms with Gasteiger partial charge in [-0.3, -0.25) is 9.78 Å². The molecule has 5 rings (SSSR count). The average Bonchev–Trinajstić information content (AvgIpc) is 3.39. The third-order valence-electron chi connectivity index (χ3n) is 6.25. The van der Waals surface area contributed by atoms with Crippen molar-refractivity contribution in [1.29, 1.82) is 0 Å². The lowest BCUT2D eigenvalue weighted by molar-refractivity contribution is 0.0747. The topological polar surface area (TPSA) is 52.6 Å². The summed E-state index contributed by atoms with van der Waals surface area (Å²) >= 11 is 0. The largest absolute Gasteiger partial charge is 0.368 e. The van der Waals surface area contributed by atoms with Gasteiger partial charge >= 0.3 is 0 Å². The first kappa shape index (κ1) is 20.4. The molecule has 3 aromatic rings. The zero-order valence-electron chi connectivity index (χ0n) is 18.0. The maximum Gasteiger partial charge on any atom is 0.253 e. The number of hydrogen-bond acceptors (Lipinski definition) is 5. The lowest BCUT2D eigenvalue weighted by atomic mass is 10.1. The molecule has 1 aromatic heterocycles. The van der Waals surface area contributed by atoms with Crippen LogP contribution in [-0.2, 0) is 0 Å². The monoisotopic (exact) mass is 431 g/mol. The smallest absolute Gasteiger partial charge is 0.253 e. The highest BCUT2D eigenvalue weighted by Gasteiger charge is 2.23. The molecule has 2 saturated heterocycles. The summed E-state index contributed by atoms with van der Waals surface area (Å²) in [7, 11) is 0. The number of carbonyl (C=O) groups is 1. The maximum absolute atomic E-state index is 13.2. The standard InChI is InChI=1S/C25H26FN5O/c26-21-7-9-22(10-8-21)29-15-17-31(18-16-29)25(32)20-5-3-19(4-6-20)23-24(28-12-11-27-23)30-13-1-2-14-30/h3-12H,1-2,13-18H2. The number of rotatable bonds is 4. The second-order valence-corrected chi connectivity index (χ2v) is 8.26. The summed E-state index contributed by atoms with van der Waals surface area (Å²) in [5, 5.41) is 0. The predicted molar refractivity (Wildman–Crippen MR) is 123 cm³/mol. The molecule has 2 aliphatic rings. The highest BCUT2D eigenvalue weighted by Crippen LogP contribution is 2.29. The van der Waals surface area contributed by atoms with Gasteiger partial charge in [0.25, 0.3) is 5.91 Å². The fourth-order valence-corrected chi connectivity index (χ4v) is 4.47. The van der Waals surface area contributed by atoms with Gasteiger partial charge in [-0.15, -0.1) is 0 Å². The van der Waals surface area contributed by atoms with Gasteiger partial charge in [-0.05, 0) is 49.2 Å². The first-order valence-electron chi connectivity index (χ1n) is 11.2. The molecular weight excluding hydrogens is 405 g/mol. The molecule has 2 fully saturated rings. The van der Waals surface area contributed by atoms with Gasteiger partial charge in [-0.1, -0.05) is 12.1 Å². The van der Waals surface area contributed by atoms with Gasteiger partial charge in [-0.2, -0.15) is 0 Å². The van der Waals surface area contributed by atoms with Crippen molar-refractivity contribution in [2.75, 3.05) is 49.1 Å². The van der Waals surface area contributed by atoms with Crippen LogP contribution >= 0.6 is 0 Å². The molecule has 32 heavy (non-hydrogen) atoms. The van der Waals surface area contributed by atoms with Gasteiger partial charge in [0.2, 0.25) is 0 Å². The second kappa shape index (κ2) is 8.94. The summed E-state index contributed by atoms with van der Waals surface area (Å²) in [6.45, 7) is 4.75. The number of piperazine rings is 1. The van der Waals surface area contributed by atoms with Crippen molar-refractivity contribution in [2.45, 2.75) is 12.8 Å². The van der Waals surface area contributed by atoms with Crippen LogP contribution in [0.15, 0.2) is 60.9 Å². The Morgan fingerprint density at radius 3 is 2.09 bits per heavy atom. The Bertz CT molecular complexity index is 1070. The minimum absolute atomic E-state index is 0.0363. The quantitative estimate of drug-likeness (QED) is 0.628. The van der Waals surface area contributed by atoms with E-state index < -0.39 is 0 Å². The summed E-state index contributed by atoms with van der Waals surface area (Å²) in [5.41, 5.74) is 3.50. The summed E-state index contributed by atoms with van der Waals surface area (Å²) in [6.07, 6.45) is 5.81. The van der Waals surface area contributed by atoms with E-state index in [-0.39, 0.29) is 11.7 Å². The number of amides is 1. The minimum Gasteiger partial charge on any atom is -0.368 e. The molecule has 3 heterocycles. The van der Waals surface area contributed by atoms with Crippen molar-refractivity contribution in [2.24, 2.45) is 0 Å². The number of nitrogens with zero attached hydrogens (tertiary/aromatic N) is 5. The number of anilines is 2. The molecule has 0 N–H and O–H groups in total. The van der Waals surface area contributed by atoms with Crippen molar-refractivity contribution in [3.8, 4) is 11.3 Å². The molecule has 0 radical (unpaired) electrons. The number of benzene rings is 2. The van der Waals surface area contributed by atoms with Gasteiger partial charge in [0.1, 0.15) is 11.5 Å². The maximum atomic E-state index is 13.2. The van der Waals surface area contributed by atoms with E-state index in [4.69, 9.17) is 0 Å². The molecular formula is C25H26FN5O. The van der Waals surface area contributed by atoms with Crippen molar-refractivity contribution in [3.05, 3.63) is 72.3 Å². The van der Waals surface area contributed by atoms with Crippen LogP contribution in [0.4, 0.5) is 15.9 Å². The van der Waals surface area contributed by atoms with Crippen LogP contribution in [0.3, 0.4) is 0 Å². The Morgan fingerprint density at radius 2 is 1.41 bits per heavy atom. The van der Waals surface area contributed by atoms with E-state index in [2.05, 4.69) is 19.8 Å². The average molecular weight is 432 g/mol. The third-order valence-corrected chi connectivity index (χ3v) is 6.25. The van der Waals surface area contributed by atoms with Gasteiger partial charge in [0.15, 0.2) is 5.82 Å². The van der Waals surface area contributed by atoms with E-state index in [9.17, 15) is 9.18 Å². The fraction of sp³-hybridized carbons (Fsp3) is 0.320. The molecule has 2 aliphatic heterocycles. The summed E-state index contributed by atoms with van der Waals surface area (Å²) in [4.78, 5) is 28.5. The minimum atomic E-state index is -0.236. The Labute approximate surface area is 187 Å².